The number of ether oxygens (including phenoxy) is 1. The third-order valence-electron chi connectivity index (χ3n) is 3.50. The van der Waals surface area contributed by atoms with Gasteiger partial charge < -0.3 is 9.64 Å². The normalized spacial score (nSPS) is 10.8. The van der Waals surface area contributed by atoms with Crippen LogP contribution in [0, 0.1) is 0 Å². The highest BCUT2D eigenvalue weighted by Crippen LogP contribution is 2.14. The maximum absolute atomic E-state index is 5.80. The number of benzene rings is 2. The van der Waals surface area contributed by atoms with Crippen molar-refractivity contribution in [2.24, 2.45) is 0 Å². The number of aryl methyl sites for hydroxylation is 1. The van der Waals surface area contributed by atoms with Gasteiger partial charge in [0.2, 0.25) is 0 Å². The van der Waals surface area contributed by atoms with Crippen molar-refractivity contribution in [1.29, 1.82) is 0 Å². The summed E-state index contributed by atoms with van der Waals surface area (Å²) in [5.74, 6) is 0.960. The first-order valence-corrected chi connectivity index (χ1v) is 7.64. The molecule has 0 saturated heterocycles. The summed E-state index contributed by atoms with van der Waals surface area (Å²) in [5.41, 5.74) is 2.70. The Bertz CT molecular complexity index is 505. The van der Waals surface area contributed by atoms with Crippen molar-refractivity contribution < 1.29 is 4.74 Å². The van der Waals surface area contributed by atoms with Crippen LogP contribution in [0.15, 0.2) is 54.6 Å². The van der Waals surface area contributed by atoms with Gasteiger partial charge >= 0.3 is 0 Å². The molecule has 0 bridgehead atoms. The molecular weight excluding hydrogens is 258 g/mol. The second-order valence-corrected chi connectivity index (χ2v) is 5.63. The van der Waals surface area contributed by atoms with Crippen molar-refractivity contribution in [3.63, 3.8) is 0 Å². The van der Waals surface area contributed by atoms with Crippen molar-refractivity contribution in [1.82, 2.24) is 4.90 Å². The van der Waals surface area contributed by atoms with E-state index in [1.807, 2.05) is 6.07 Å². The maximum Gasteiger partial charge on any atom is 0.119 e. The van der Waals surface area contributed by atoms with Gasteiger partial charge in [-0.3, -0.25) is 0 Å². The van der Waals surface area contributed by atoms with Crippen molar-refractivity contribution in [3.8, 4) is 5.75 Å². The zero-order valence-corrected chi connectivity index (χ0v) is 13.1. The lowest BCUT2D eigenvalue weighted by Crippen LogP contribution is -2.13. The number of rotatable bonds is 8. The fraction of sp³-hybridized carbons (Fsp3) is 0.368. The predicted molar refractivity (Wildman–Crippen MR) is 89.0 cm³/mol. The van der Waals surface area contributed by atoms with Gasteiger partial charge in [0.1, 0.15) is 5.75 Å². The van der Waals surface area contributed by atoms with Gasteiger partial charge in [0.05, 0.1) is 6.61 Å². The molecule has 0 unspecified atom stereocenters. The number of hydrogen-bond acceptors (Lipinski definition) is 2. The molecule has 0 aliphatic carbocycles. The molecule has 0 spiro atoms. The molecular formula is C19H25NO. The second-order valence-electron chi connectivity index (χ2n) is 5.63. The van der Waals surface area contributed by atoms with Crippen molar-refractivity contribution >= 4 is 0 Å². The Balaban J connectivity index is 1.72. The summed E-state index contributed by atoms with van der Waals surface area (Å²) in [6, 6.07) is 19.0. The van der Waals surface area contributed by atoms with Gasteiger partial charge in [-0.1, -0.05) is 42.5 Å². The molecule has 0 fully saturated rings. The molecule has 2 rings (SSSR count). The summed E-state index contributed by atoms with van der Waals surface area (Å²) >= 11 is 0. The van der Waals surface area contributed by atoms with Gasteiger partial charge in [0.15, 0.2) is 0 Å². The second kappa shape index (κ2) is 8.48. The summed E-state index contributed by atoms with van der Waals surface area (Å²) in [7, 11) is 4.23. The summed E-state index contributed by atoms with van der Waals surface area (Å²) in [6.07, 6.45) is 3.27. The van der Waals surface area contributed by atoms with E-state index in [9.17, 15) is 0 Å². The summed E-state index contributed by atoms with van der Waals surface area (Å²) in [5, 5.41) is 0. The first kappa shape index (κ1) is 15.6. The van der Waals surface area contributed by atoms with E-state index in [1.165, 1.54) is 17.5 Å². The van der Waals surface area contributed by atoms with Crippen LogP contribution in [0.25, 0.3) is 0 Å². The van der Waals surface area contributed by atoms with Gasteiger partial charge in [0, 0.05) is 6.42 Å². The topological polar surface area (TPSA) is 12.5 Å². The van der Waals surface area contributed by atoms with Crippen molar-refractivity contribution in [3.05, 3.63) is 65.7 Å². The van der Waals surface area contributed by atoms with Gasteiger partial charge in [0.25, 0.3) is 0 Å². The molecule has 21 heavy (non-hydrogen) atoms. The largest absolute Gasteiger partial charge is 0.493 e. The van der Waals surface area contributed by atoms with E-state index in [-0.39, 0.29) is 0 Å². The highest BCUT2D eigenvalue weighted by atomic mass is 16.5. The molecule has 0 radical (unpaired) electrons. The Kier molecular flexibility index (Phi) is 6.29. The minimum atomic E-state index is 0.726. The monoisotopic (exact) mass is 283 g/mol. The molecule has 2 aromatic carbocycles. The quantitative estimate of drug-likeness (QED) is 0.730. The highest BCUT2D eigenvalue weighted by Gasteiger charge is 1.98. The third-order valence-corrected chi connectivity index (χ3v) is 3.50. The molecule has 0 aromatic heterocycles. The zero-order chi connectivity index (χ0) is 14.9. The van der Waals surface area contributed by atoms with Crippen LogP contribution in [0.1, 0.15) is 17.5 Å². The van der Waals surface area contributed by atoms with Crippen molar-refractivity contribution in [2.75, 3.05) is 27.2 Å². The van der Waals surface area contributed by atoms with Gasteiger partial charge in [-0.2, -0.15) is 0 Å². The van der Waals surface area contributed by atoms with E-state index in [4.69, 9.17) is 4.74 Å². The number of nitrogens with zero attached hydrogens (tertiary/aromatic N) is 1. The lowest BCUT2D eigenvalue weighted by Gasteiger charge is -2.10. The van der Waals surface area contributed by atoms with E-state index < -0.39 is 0 Å². The average Bonchev–Trinajstić information content (AvgIpc) is 2.50. The maximum atomic E-state index is 5.80. The fourth-order valence-corrected chi connectivity index (χ4v) is 2.28. The average molecular weight is 283 g/mol. The minimum Gasteiger partial charge on any atom is -0.493 e. The van der Waals surface area contributed by atoms with E-state index in [1.54, 1.807) is 0 Å². The first-order chi connectivity index (χ1) is 10.2. The third kappa shape index (κ3) is 6.01. The zero-order valence-electron chi connectivity index (χ0n) is 13.1. The Hall–Kier alpha value is -1.80. The van der Waals surface area contributed by atoms with Crippen molar-refractivity contribution in [2.45, 2.75) is 19.3 Å². The van der Waals surface area contributed by atoms with Crippen LogP contribution >= 0.6 is 0 Å². The van der Waals surface area contributed by atoms with E-state index in [0.717, 1.165) is 31.7 Å². The molecule has 0 N–H and O–H groups in total. The highest BCUT2D eigenvalue weighted by molar-refractivity contribution is 5.27. The predicted octanol–water partition coefficient (Wildman–Crippen LogP) is 3.80. The van der Waals surface area contributed by atoms with E-state index in [0.29, 0.717) is 0 Å². The van der Waals surface area contributed by atoms with Gasteiger partial charge in [-0.25, -0.2) is 0 Å². The van der Waals surface area contributed by atoms with Crippen LogP contribution in [0.2, 0.25) is 0 Å². The SMILES string of the molecule is CN(C)CCCc1ccc(OCCc2ccccc2)cc1. The molecule has 2 nitrogen and oxygen atoms in total. The molecule has 0 atom stereocenters. The van der Waals surface area contributed by atoms with Crippen LogP contribution < -0.4 is 4.74 Å². The van der Waals surface area contributed by atoms with Crippen LogP contribution in [-0.4, -0.2) is 32.1 Å². The van der Waals surface area contributed by atoms with Crippen LogP contribution in [-0.2, 0) is 12.8 Å². The van der Waals surface area contributed by atoms with Gasteiger partial charge in [-0.15, -0.1) is 0 Å². The minimum absolute atomic E-state index is 0.726. The first-order valence-electron chi connectivity index (χ1n) is 7.64. The fourth-order valence-electron chi connectivity index (χ4n) is 2.28. The number of hydrogen-bond donors (Lipinski definition) is 0. The summed E-state index contributed by atoms with van der Waals surface area (Å²) in [6.45, 7) is 1.86. The molecule has 0 aliphatic heterocycles. The Morgan fingerprint density at radius 3 is 2.14 bits per heavy atom. The lowest BCUT2D eigenvalue weighted by molar-refractivity contribution is 0.322. The molecule has 0 heterocycles. The Morgan fingerprint density at radius 2 is 1.48 bits per heavy atom. The van der Waals surface area contributed by atoms with Gasteiger partial charge in [-0.05, 0) is 56.7 Å². The van der Waals surface area contributed by atoms with Crippen LogP contribution in [0.3, 0.4) is 0 Å². The Morgan fingerprint density at radius 1 is 0.810 bits per heavy atom. The molecule has 2 aromatic rings. The smallest absolute Gasteiger partial charge is 0.119 e. The Labute approximate surface area is 128 Å². The molecule has 0 saturated carbocycles. The van der Waals surface area contributed by atoms with E-state index >= 15 is 0 Å². The van der Waals surface area contributed by atoms with Crippen LogP contribution in [0.5, 0.6) is 5.75 Å². The van der Waals surface area contributed by atoms with Crippen LogP contribution in [0.4, 0.5) is 0 Å². The molecule has 0 aliphatic rings. The summed E-state index contributed by atoms with van der Waals surface area (Å²) in [4.78, 5) is 2.22. The molecule has 0 amide bonds. The van der Waals surface area contributed by atoms with E-state index in [2.05, 4.69) is 67.5 Å². The standard InChI is InChI=1S/C19H25NO/c1-20(2)15-6-9-18-10-12-19(13-11-18)21-16-14-17-7-4-3-5-8-17/h3-5,7-8,10-13H,6,9,14-16H2,1-2H3. The lowest BCUT2D eigenvalue weighted by atomic mass is 10.1. The molecule has 112 valence electrons. The summed E-state index contributed by atoms with van der Waals surface area (Å²) < 4.78 is 5.80. The molecule has 2 heteroatoms.